The second-order valence-corrected chi connectivity index (χ2v) is 7.78. The molecule has 2 heterocycles. The molecule has 0 bridgehead atoms. The van der Waals surface area contributed by atoms with Crippen LogP contribution in [0.1, 0.15) is 56.9 Å². The molecule has 0 amide bonds. The predicted octanol–water partition coefficient (Wildman–Crippen LogP) is 5.20. The molecule has 26 heavy (non-hydrogen) atoms. The zero-order valence-corrected chi connectivity index (χ0v) is 16.2. The SMILES string of the molecule is CCC[C@H](CC(C)C)N1Cc2cnc(Nc3cc(C)cc(F)c3)nc2C1. The first kappa shape index (κ1) is 18.8. The Labute approximate surface area is 155 Å². The summed E-state index contributed by atoms with van der Waals surface area (Å²) in [5.74, 6) is 0.970. The molecule has 1 aliphatic rings. The van der Waals surface area contributed by atoms with E-state index in [0.717, 1.165) is 24.3 Å². The zero-order chi connectivity index (χ0) is 18.7. The molecule has 0 saturated carbocycles. The maximum Gasteiger partial charge on any atom is 0.227 e. The van der Waals surface area contributed by atoms with E-state index in [1.165, 1.54) is 37.0 Å². The number of hydrogen-bond donors (Lipinski definition) is 1. The standard InChI is InChI=1S/C21H29FN4/c1-5-6-19(7-14(2)3)26-12-16-11-23-21(25-20(16)13-26)24-18-9-15(4)8-17(22)10-18/h8-11,14,19H,5-7,12-13H2,1-4H3,(H,23,24,25)/t19-/m1/s1. The number of nitrogens with zero attached hydrogens (tertiary/aromatic N) is 3. The number of benzene rings is 1. The van der Waals surface area contributed by atoms with Crippen LogP contribution >= 0.6 is 0 Å². The lowest BCUT2D eigenvalue weighted by Gasteiger charge is -2.28. The minimum absolute atomic E-state index is 0.254. The van der Waals surface area contributed by atoms with Crippen molar-refractivity contribution in [1.82, 2.24) is 14.9 Å². The maximum atomic E-state index is 13.6. The average molecular weight is 356 g/mol. The third-order valence-electron chi connectivity index (χ3n) is 4.86. The number of aromatic nitrogens is 2. The van der Waals surface area contributed by atoms with E-state index in [4.69, 9.17) is 4.98 Å². The van der Waals surface area contributed by atoms with E-state index in [1.54, 1.807) is 0 Å². The molecular formula is C21H29FN4. The topological polar surface area (TPSA) is 41.1 Å². The Morgan fingerprint density at radius 1 is 1.23 bits per heavy atom. The van der Waals surface area contributed by atoms with Crippen molar-refractivity contribution in [2.75, 3.05) is 5.32 Å². The summed E-state index contributed by atoms with van der Waals surface area (Å²) >= 11 is 0. The lowest BCUT2D eigenvalue weighted by Crippen LogP contribution is -2.31. The molecule has 1 N–H and O–H groups in total. The van der Waals surface area contributed by atoms with E-state index in [-0.39, 0.29) is 5.82 Å². The van der Waals surface area contributed by atoms with Crippen molar-refractivity contribution in [2.45, 2.75) is 66.1 Å². The van der Waals surface area contributed by atoms with Crippen molar-refractivity contribution in [1.29, 1.82) is 0 Å². The fourth-order valence-electron chi connectivity index (χ4n) is 3.76. The highest BCUT2D eigenvalue weighted by Gasteiger charge is 2.27. The van der Waals surface area contributed by atoms with E-state index >= 15 is 0 Å². The Kier molecular flexibility index (Phi) is 5.87. The summed E-state index contributed by atoms with van der Waals surface area (Å²) in [5.41, 5.74) is 3.84. The monoisotopic (exact) mass is 356 g/mol. The minimum atomic E-state index is -0.254. The molecule has 0 fully saturated rings. The van der Waals surface area contributed by atoms with Gasteiger partial charge in [0, 0.05) is 36.6 Å². The summed E-state index contributed by atoms with van der Waals surface area (Å²) < 4.78 is 13.6. The number of rotatable bonds is 7. The van der Waals surface area contributed by atoms with E-state index in [0.29, 0.717) is 23.6 Å². The van der Waals surface area contributed by atoms with Crippen molar-refractivity contribution in [3.8, 4) is 0 Å². The predicted molar refractivity (Wildman–Crippen MR) is 104 cm³/mol. The molecule has 0 unspecified atom stereocenters. The van der Waals surface area contributed by atoms with Crippen molar-refractivity contribution in [3.05, 3.63) is 47.0 Å². The van der Waals surface area contributed by atoms with Crippen molar-refractivity contribution < 1.29 is 4.39 Å². The third-order valence-corrected chi connectivity index (χ3v) is 4.86. The first-order valence-electron chi connectivity index (χ1n) is 9.57. The number of hydrogen-bond acceptors (Lipinski definition) is 4. The van der Waals surface area contributed by atoms with Gasteiger partial charge in [-0.15, -0.1) is 0 Å². The molecule has 0 saturated heterocycles. The van der Waals surface area contributed by atoms with Gasteiger partial charge < -0.3 is 5.32 Å². The zero-order valence-electron chi connectivity index (χ0n) is 16.2. The van der Waals surface area contributed by atoms with Crippen LogP contribution in [0.4, 0.5) is 16.0 Å². The molecule has 0 radical (unpaired) electrons. The third kappa shape index (κ3) is 4.58. The van der Waals surface area contributed by atoms with E-state index < -0.39 is 0 Å². The number of fused-ring (bicyclic) bond motifs is 1. The maximum absolute atomic E-state index is 13.6. The van der Waals surface area contributed by atoms with Crippen LogP contribution in [0.25, 0.3) is 0 Å². The Morgan fingerprint density at radius 3 is 2.73 bits per heavy atom. The van der Waals surface area contributed by atoms with Gasteiger partial charge in [0.1, 0.15) is 5.82 Å². The van der Waals surface area contributed by atoms with Crippen LogP contribution in [0.15, 0.2) is 24.4 Å². The van der Waals surface area contributed by atoms with Gasteiger partial charge in [-0.1, -0.05) is 27.2 Å². The van der Waals surface area contributed by atoms with Gasteiger partial charge in [0.15, 0.2) is 0 Å². The van der Waals surface area contributed by atoms with Crippen LogP contribution in [-0.4, -0.2) is 20.9 Å². The lowest BCUT2D eigenvalue weighted by molar-refractivity contribution is 0.163. The average Bonchev–Trinajstić information content (AvgIpc) is 2.96. The van der Waals surface area contributed by atoms with Gasteiger partial charge in [-0.05, 0) is 49.4 Å². The van der Waals surface area contributed by atoms with E-state index in [9.17, 15) is 4.39 Å². The second kappa shape index (κ2) is 8.12. The van der Waals surface area contributed by atoms with Gasteiger partial charge in [0.2, 0.25) is 5.95 Å². The number of nitrogens with one attached hydrogen (secondary N) is 1. The molecule has 5 heteroatoms. The van der Waals surface area contributed by atoms with Crippen LogP contribution in [0.3, 0.4) is 0 Å². The van der Waals surface area contributed by atoms with E-state index in [1.807, 2.05) is 19.2 Å². The summed E-state index contributed by atoms with van der Waals surface area (Å²) in [5, 5.41) is 3.14. The normalized spacial score (nSPS) is 15.3. The van der Waals surface area contributed by atoms with Crippen LogP contribution < -0.4 is 5.32 Å². The molecule has 1 aromatic heterocycles. The molecule has 140 valence electrons. The number of anilines is 2. The highest BCUT2D eigenvalue weighted by atomic mass is 19.1. The van der Waals surface area contributed by atoms with E-state index in [2.05, 4.69) is 36.0 Å². The summed E-state index contributed by atoms with van der Waals surface area (Å²) in [6.07, 6.45) is 5.53. The van der Waals surface area contributed by atoms with Gasteiger partial charge in [-0.3, -0.25) is 4.90 Å². The Morgan fingerprint density at radius 2 is 2.04 bits per heavy atom. The summed E-state index contributed by atoms with van der Waals surface area (Å²) in [4.78, 5) is 11.7. The molecule has 0 spiro atoms. The first-order chi connectivity index (χ1) is 12.4. The largest absolute Gasteiger partial charge is 0.324 e. The van der Waals surface area contributed by atoms with Crippen LogP contribution in [0.5, 0.6) is 0 Å². The van der Waals surface area contributed by atoms with Gasteiger partial charge >= 0.3 is 0 Å². The van der Waals surface area contributed by atoms with Crippen molar-refractivity contribution in [2.24, 2.45) is 5.92 Å². The Hall–Kier alpha value is -2.01. The smallest absolute Gasteiger partial charge is 0.227 e. The van der Waals surface area contributed by atoms with Gasteiger partial charge in [-0.2, -0.15) is 0 Å². The van der Waals surface area contributed by atoms with Crippen molar-refractivity contribution in [3.63, 3.8) is 0 Å². The highest BCUT2D eigenvalue weighted by molar-refractivity contribution is 5.54. The molecule has 0 aliphatic carbocycles. The van der Waals surface area contributed by atoms with Crippen molar-refractivity contribution >= 4 is 11.6 Å². The van der Waals surface area contributed by atoms with Gasteiger partial charge in [0.25, 0.3) is 0 Å². The Bertz CT molecular complexity index is 739. The summed E-state index contributed by atoms with van der Waals surface area (Å²) in [7, 11) is 0. The summed E-state index contributed by atoms with van der Waals surface area (Å²) in [6.45, 7) is 10.5. The molecule has 1 atom stereocenters. The molecule has 4 nitrogen and oxygen atoms in total. The van der Waals surface area contributed by atoms with Gasteiger partial charge in [-0.25, -0.2) is 14.4 Å². The molecule has 3 rings (SSSR count). The second-order valence-electron chi connectivity index (χ2n) is 7.78. The number of aryl methyl sites for hydroxylation is 1. The molecule has 1 aromatic carbocycles. The van der Waals surface area contributed by atoms with Crippen LogP contribution in [-0.2, 0) is 13.1 Å². The quantitative estimate of drug-likeness (QED) is 0.740. The lowest BCUT2D eigenvalue weighted by atomic mass is 9.99. The molecule has 1 aliphatic heterocycles. The highest BCUT2D eigenvalue weighted by Crippen LogP contribution is 2.28. The Balaban J connectivity index is 1.73. The number of halogens is 1. The fraction of sp³-hybridized carbons (Fsp3) is 0.524. The molecule has 2 aromatic rings. The molecular weight excluding hydrogens is 327 g/mol. The van der Waals surface area contributed by atoms with Crippen LogP contribution in [0, 0.1) is 18.7 Å². The van der Waals surface area contributed by atoms with Gasteiger partial charge in [0.05, 0.1) is 5.69 Å². The fourth-order valence-corrected chi connectivity index (χ4v) is 3.76. The minimum Gasteiger partial charge on any atom is -0.324 e. The van der Waals surface area contributed by atoms with Crippen LogP contribution in [0.2, 0.25) is 0 Å². The summed E-state index contributed by atoms with van der Waals surface area (Å²) in [6, 6.07) is 5.47. The first-order valence-corrected chi connectivity index (χ1v) is 9.57.